The molecule has 0 spiro atoms. The molecule has 76 valence electrons. The zero-order chi connectivity index (χ0) is 9.84. The molecule has 0 aromatic heterocycles. The van der Waals surface area contributed by atoms with Crippen molar-refractivity contribution in [2.24, 2.45) is 0 Å². The van der Waals surface area contributed by atoms with E-state index in [9.17, 15) is 4.79 Å². The average Bonchev–Trinajstić information content (AvgIpc) is 2.04. The van der Waals surface area contributed by atoms with E-state index in [2.05, 4.69) is 5.32 Å². The predicted molar refractivity (Wildman–Crippen MR) is 50.5 cm³/mol. The lowest BCUT2D eigenvalue weighted by Crippen LogP contribution is -2.51. The minimum Gasteiger partial charge on any atom is -0.393 e. The molecule has 0 atom stereocenters. The topological polar surface area (TPSA) is 52.6 Å². The summed E-state index contributed by atoms with van der Waals surface area (Å²) in [4.78, 5) is 13.2. The molecule has 1 saturated carbocycles. The van der Waals surface area contributed by atoms with E-state index in [-0.39, 0.29) is 18.2 Å². The van der Waals surface area contributed by atoms with Crippen molar-refractivity contribution in [1.82, 2.24) is 10.2 Å². The van der Waals surface area contributed by atoms with Gasteiger partial charge in [-0.3, -0.25) is 0 Å². The fourth-order valence-corrected chi connectivity index (χ4v) is 1.48. The van der Waals surface area contributed by atoms with Gasteiger partial charge in [0.25, 0.3) is 0 Å². The molecule has 1 aliphatic rings. The van der Waals surface area contributed by atoms with E-state index < -0.39 is 0 Å². The number of nitrogens with one attached hydrogen (secondary N) is 1. The molecule has 0 unspecified atom stereocenters. The van der Waals surface area contributed by atoms with Gasteiger partial charge in [0.2, 0.25) is 0 Å². The second kappa shape index (κ2) is 4.46. The van der Waals surface area contributed by atoms with Crippen LogP contribution in [0.1, 0.15) is 26.7 Å². The summed E-state index contributed by atoms with van der Waals surface area (Å²) >= 11 is 0. The summed E-state index contributed by atoms with van der Waals surface area (Å²) in [6.45, 7) is 5.38. The molecule has 0 aliphatic heterocycles. The minimum atomic E-state index is -0.206. The van der Waals surface area contributed by atoms with Crippen LogP contribution in [0.5, 0.6) is 0 Å². The van der Waals surface area contributed by atoms with Gasteiger partial charge < -0.3 is 15.3 Å². The summed E-state index contributed by atoms with van der Waals surface area (Å²) in [6.07, 6.45) is 1.20. The number of rotatable bonds is 3. The van der Waals surface area contributed by atoms with Crippen molar-refractivity contribution in [3.63, 3.8) is 0 Å². The number of hydrogen-bond acceptors (Lipinski definition) is 2. The standard InChI is InChI=1S/C9H18N2O2/c1-3-11(4-2)9(13)10-7-5-8(12)6-7/h7-8,12H,3-6H2,1-2H3,(H,10,13). The molecule has 1 aliphatic carbocycles. The Labute approximate surface area is 78.9 Å². The number of aliphatic hydroxyl groups is 1. The molecule has 0 aromatic rings. The van der Waals surface area contributed by atoms with Gasteiger partial charge in [-0.2, -0.15) is 0 Å². The fraction of sp³-hybridized carbons (Fsp3) is 0.889. The van der Waals surface area contributed by atoms with Gasteiger partial charge >= 0.3 is 6.03 Å². The number of nitrogens with zero attached hydrogens (tertiary/aromatic N) is 1. The number of carbonyl (C=O) groups excluding carboxylic acids is 1. The van der Waals surface area contributed by atoms with Crippen molar-refractivity contribution in [2.45, 2.75) is 38.8 Å². The molecule has 4 heteroatoms. The van der Waals surface area contributed by atoms with Gasteiger partial charge in [-0.05, 0) is 26.7 Å². The average molecular weight is 186 g/mol. The highest BCUT2D eigenvalue weighted by Crippen LogP contribution is 2.19. The van der Waals surface area contributed by atoms with Crippen LogP contribution in [0.3, 0.4) is 0 Å². The lowest BCUT2D eigenvalue weighted by atomic mass is 9.90. The van der Waals surface area contributed by atoms with Crippen LogP contribution in [-0.2, 0) is 0 Å². The molecule has 0 aromatic carbocycles. The van der Waals surface area contributed by atoms with Crippen molar-refractivity contribution in [2.75, 3.05) is 13.1 Å². The SMILES string of the molecule is CCN(CC)C(=O)NC1CC(O)C1. The third-order valence-corrected chi connectivity index (χ3v) is 2.49. The first-order valence-corrected chi connectivity index (χ1v) is 4.90. The van der Waals surface area contributed by atoms with Crippen LogP contribution >= 0.6 is 0 Å². The quantitative estimate of drug-likeness (QED) is 0.676. The Kier molecular flexibility index (Phi) is 3.54. The highest BCUT2D eigenvalue weighted by molar-refractivity contribution is 5.74. The van der Waals surface area contributed by atoms with E-state index in [0.29, 0.717) is 12.8 Å². The molecule has 13 heavy (non-hydrogen) atoms. The number of hydrogen-bond donors (Lipinski definition) is 2. The molecule has 1 fully saturated rings. The first-order chi connectivity index (χ1) is 6.17. The highest BCUT2D eigenvalue weighted by atomic mass is 16.3. The molecule has 2 N–H and O–H groups in total. The number of aliphatic hydroxyl groups excluding tert-OH is 1. The van der Waals surface area contributed by atoms with Crippen LogP contribution < -0.4 is 5.32 Å². The van der Waals surface area contributed by atoms with Crippen molar-refractivity contribution in [3.05, 3.63) is 0 Å². The van der Waals surface area contributed by atoms with Gasteiger partial charge in [0, 0.05) is 19.1 Å². The summed E-state index contributed by atoms with van der Waals surface area (Å²) < 4.78 is 0. The largest absolute Gasteiger partial charge is 0.393 e. The molecule has 0 radical (unpaired) electrons. The minimum absolute atomic E-state index is 0.0121. The fourth-order valence-electron chi connectivity index (χ4n) is 1.48. The molecular weight excluding hydrogens is 168 g/mol. The third kappa shape index (κ3) is 2.59. The Morgan fingerprint density at radius 2 is 2.00 bits per heavy atom. The summed E-state index contributed by atoms with van der Waals surface area (Å²) in [5.41, 5.74) is 0. The second-order valence-electron chi connectivity index (χ2n) is 3.44. The molecule has 0 heterocycles. The van der Waals surface area contributed by atoms with Gasteiger partial charge in [0.1, 0.15) is 0 Å². The van der Waals surface area contributed by atoms with E-state index in [1.165, 1.54) is 0 Å². The summed E-state index contributed by atoms with van der Waals surface area (Å²) in [5, 5.41) is 11.9. The summed E-state index contributed by atoms with van der Waals surface area (Å²) in [7, 11) is 0. The third-order valence-electron chi connectivity index (χ3n) is 2.49. The van der Waals surface area contributed by atoms with Gasteiger partial charge in [-0.1, -0.05) is 0 Å². The van der Waals surface area contributed by atoms with Crippen molar-refractivity contribution >= 4 is 6.03 Å². The van der Waals surface area contributed by atoms with Crippen LogP contribution in [0.25, 0.3) is 0 Å². The normalized spacial score (nSPS) is 26.4. The molecule has 0 bridgehead atoms. The zero-order valence-electron chi connectivity index (χ0n) is 8.29. The Morgan fingerprint density at radius 3 is 2.38 bits per heavy atom. The van der Waals surface area contributed by atoms with E-state index >= 15 is 0 Å². The molecule has 4 nitrogen and oxygen atoms in total. The van der Waals surface area contributed by atoms with Gasteiger partial charge in [0.15, 0.2) is 0 Å². The number of urea groups is 1. The highest BCUT2D eigenvalue weighted by Gasteiger charge is 2.29. The van der Waals surface area contributed by atoms with Crippen LogP contribution in [0.2, 0.25) is 0 Å². The molecular formula is C9H18N2O2. The number of amides is 2. The monoisotopic (exact) mass is 186 g/mol. The van der Waals surface area contributed by atoms with Gasteiger partial charge in [0.05, 0.1) is 6.10 Å². The van der Waals surface area contributed by atoms with Crippen LogP contribution in [0.4, 0.5) is 4.79 Å². The summed E-state index contributed by atoms with van der Waals surface area (Å²) in [5.74, 6) is 0. The maximum absolute atomic E-state index is 11.4. The Morgan fingerprint density at radius 1 is 1.46 bits per heavy atom. The smallest absolute Gasteiger partial charge is 0.317 e. The predicted octanol–water partition coefficient (Wildman–Crippen LogP) is 0.561. The first-order valence-electron chi connectivity index (χ1n) is 4.90. The maximum Gasteiger partial charge on any atom is 0.317 e. The van der Waals surface area contributed by atoms with Crippen molar-refractivity contribution in [3.8, 4) is 0 Å². The van der Waals surface area contributed by atoms with E-state index in [1.807, 2.05) is 13.8 Å². The van der Waals surface area contributed by atoms with Gasteiger partial charge in [-0.15, -0.1) is 0 Å². The molecule has 0 saturated heterocycles. The van der Waals surface area contributed by atoms with E-state index in [1.54, 1.807) is 4.90 Å². The van der Waals surface area contributed by atoms with Crippen LogP contribution in [0.15, 0.2) is 0 Å². The lowest BCUT2D eigenvalue weighted by molar-refractivity contribution is 0.0638. The van der Waals surface area contributed by atoms with E-state index in [4.69, 9.17) is 5.11 Å². The van der Waals surface area contributed by atoms with Crippen LogP contribution in [-0.4, -0.2) is 41.3 Å². The maximum atomic E-state index is 11.4. The van der Waals surface area contributed by atoms with Crippen molar-refractivity contribution in [1.29, 1.82) is 0 Å². The molecule has 2 amide bonds. The first kappa shape index (κ1) is 10.3. The Bertz CT molecular complexity index is 174. The number of carbonyl (C=O) groups is 1. The Hall–Kier alpha value is -0.770. The van der Waals surface area contributed by atoms with Crippen LogP contribution in [0, 0.1) is 0 Å². The molecule has 1 rings (SSSR count). The lowest BCUT2D eigenvalue weighted by Gasteiger charge is -2.33. The zero-order valence-corrected chi connectivity index (χ0v) is 8.29. The second-order valence-corrected chi connectivity index (χ2v) is 3.44. The van der Waals surface area contributed by atoms with E-state index in [0.717, 1.165) is 13.1 Å². The summed E-state index contributed by atoms with van der Waals surface area (Å²) in [6, 6.07) is 0.171. The Balaban J connectivity index is 2.24. The van der Waals surface area contributed by atoms with Gasteiger partial charge in [-0.25, -0.2) is 4.79 Å². The van der Waals surface area contributed by atoms with Crippen molar-refractivity contribution < 1.29 is 9.90 Å².